The summed E-state index contributed by atoms with van der Waals surface area (Å²) in [5, 5.41) is 5.69. The standard InChI is InChI=1S/C28H28N4O4/c1-5-24(27(34)30-19-11-13-20(36-4)14-12-19)32-25-9-7-6-8-23(25)31-26(28(32)35)21-16-17(2)10-15-22(21)29-18(3)33/h6-16,24H,5H2,1-4H3,(H,29,33)(H,30,34)/t24-/m0/s1. The van der Waals surface area contributed by atoms with Crippen LogP contribution in [0.4, 0.5) is 11.4 Å². The Labute approximate surface area is 208 Å². The molecular formula is C28H28N4O4. The number of rotatable bonds is 7. The van der Waals surface area contributed by atoms with Crippen molar-refractivity contribution in [3.63, 3.8) is 0 Å². The summed E-state index contributed by atoms with van der Waals surface area (Å²) in [6.45, 7) is 5.17. The van der Waals surface area contributed by atoms with Crippen LogP contribution in [0.3, 0.4) is 0 Å². The number of aromatic nitrogens is 2. The predicted octanol–water partition coefficient (Wildman–Crippen LogP) is 4.93. The van der Waals surface area contributed by atoms with E-state index in [2.05, 4.69) is 15.6 Å². The molecule has 0 saturated carbocycles. The van der Waals surface area contributed by atoms with Gasteiger partial charge in [-0.15, -0.1) is 0 Å². The lowest BCUT2D eigenvalue weighted by atomic mass is 10.0. The van der Waals surface area contributed by atoms with Gasteiger partial charge >= 0.3 is 0 Å². The highest BCUT2D eigenvalue weighted by molar-refractivity contribution is 5.96. The molecule has 0 fully saturated rings. The summed E-state index contributed by atoms with van der Waals surface area (Å²) in [4.78, 5) is 43.9. The first kappa shape index (κ1) is 24.7. The van der Waals surface area contributed by atoms with Crippen LogP contribution in [0.1, 0.15) is 31.9 Å². The van der Waals surface area contributed by atoms with E-state index in [0.717, 1.165) is 5.56 Å². The first-order valence-corrected chi connectivity index (χ1v) is 11.7. The minimum absolute atomic E-state index is 0.164. The summed E-state index contributed by atoms with van der Waals surface area (Å²) in [6, 6.07) is 18.8. The summed E-state index contributed by atoms with van der Waals surface area (Å²) < 4.78 is 6.68. The molecule has 4 rings (SSSR count). The van der Waals surface area contributed by atoms with Crippen LogP contribution in [0.2, 0.25) is 0 Å². The van der Waals surface area contributed by atoms with E-state index in [1.807, 2.05) is 38.1 Å². The van der Waals surface area contributed by atoms with E-state index in [9.17, 15) is 14.4 Å². The van der Waals surface area contributed by atoms with Crippen molar-refractivity contribution in [2.45, 2.75) is 33.2 Å². The number of hydrogen-bond donors (Lipinski definition) is 2. The minimum Gasteiger partial charge on any atom is -0.497 e. The number of carbonyl (C=O) groups excluding carboxylic acids is 2. The molecule has 4 aromatic rings. The van der Waals surface area contributed by atoms with Gasteiger partial charge < -0.3 is 15.4 Å². The number of hydrogen-bond acceptors (Lipinski definition) is 5. The SMILES string of the molecule is CC[C@@H](C(=O)Nc1ccc(OC)cc1)n1c(=O)c(-c2cc(C)ccc2NC(C)=O)nc2ccccc21. The summed E-state index contributed by atoms with van der Waals surface area (Å²) in [5.41, 5.74) is 3.35. The van der Waals surface area contributed by atoms with E-state index >= 15 is 0 Å². The summed E-state index contributed by atoms with van der Waals surface area (Å²) in [7, 11) is 1.57. The van der Waals surface area contributed by atoms with Gasteiger partial charge in [0.2, 0.25) is 11.8 Å². The number of anilines is 2. The van der Waals surface area contributed by atoms with Crippen LogP contribution in [0.15, 0.2) is 71.5 Å². The second kappa shape index (κ2) is 10.4. The molecule has 8 nitrogen and oxygen atoms in total. The average Bonchev–Trinajstić information content (AvgIpc) is 2.87. The van der Waals surface area contributed by atoms with E-state index in [0.29, 0.717) is 40.1 Å². The van der Waals surface area contributed by atoms with E-state index in [4.69, 9.17) is 4.74 Å². The molecule has 0 spiro atoms. The Bertz CT molecular complexity index is 1490. The van der Waals surface area contributed by atoms with Crippen molar-refractivity contribution in [2.24, 2.45) is 0 Å². The number of methoxy groups -OCH3 is 1. The third-order valence-electron chi connectivity index (χ3n) is 5.89. The van der Waals surface area contributed by atoms with Gasteiger partial charge in [0, 0.05) is 18.2 Å². The lowest BCUT2D eigenvalue weighted by Gasteiger charge is -2.21. The second-order valence-electron chi connectivity index (χ2n) is 8.50. The Kier molecular flexibility index (Phi) is 7.15. The van der Waals surface area contributed by atoms with Crippen molar-refractivity contribution in [3.8, 4) is 17.0 Å². The predicted molar refractivity (Wildman–Crippen MR) is 141 cm³/mol. The highest BCUT2D eigenvalue weighted by Gasteiger charge is 2.25. The lowest BCUT2D eigenvalue weighted by molar-refractivity contribution is -0.119. The molecule has 0 aliphatic heterocycles. The molecule has 0 unspecified atom stereocenters. The summed E-state index contributed by atoms with van der Waals surface area (Å²) in [5.74, 6) is 0.0964. The third kappa shape index (κ3) is 4.98. The number of nitrogens with zero attached hydrogens (tertiary/aromatic N) is 2. The first-order chi connectivity index (χ1) is 17.3. The lowest BCUT2D eigenvalue weighted by Crippen LogP contribution is -2.34. The molecule has 0 aliphatic rings. The Balaban J connectivity index is 1.87. The maximum absolute atomic E-state index is 14.0. The molecule has 0 radical (unpaired) electrons. The Morgan fingerprint density at radius 3 is 2.42 bits per heavy atom. The summed E-state index contributed by atoms with van der Waals surface area (Å²) >= 11 is 0. The number of benzene rings is 3. The van der Waals surface area contributed by atoms with Crippen molar-refractivity contribution in [1.29, 1.82) is 0 Å². The van der Waals surface area contributed by atoms with Gasteiger partial charge in [-0.25, -0.2) is 4.98 Å². The van der Waals surface area contributed by atoms with Crippen LogP contribution in [-0.2, 0) is 9.59 Å². The Morgan fingerprint density at radius 2 is 1.75 bits per heavy atom. The molecule has 0 saturated heterocycles. The molecule has 1 atom stereocenters. The maximum Gasteiger partial charge on any atom is 0.278 e. The van der Waals surface area contributed by atoms with Gasteiger partial charge in [0.15, 0.2) is 0 Å². The monoisotopic (exact) mass is 484 g/mol. The van der Waals surface area contributed by atoms with Gasteiger partial charge in [-0.1, -0.05) is 30.7 Å². The minimum atomic E-state index is -0.791. The van der Waals surface area contributed by atoms with Crippen LogP contribution in [0, 0.1) is 6.92 Å². The van der Waals surface area contributed by atoms with Crippen LogP contribution in [0.5, 0.6) is 5.75 Å². The molecule has 1 heterocycles. The topological polar surface area (TPSA) is 102 Å². The normalized spacial score (nSPS) is 11.7. The molecule has 2 amide bonds. The van der Waals surface area contributed by atoms with Crippen LogP contribution in [0.25, 0.3) is 22.3 Å². The number of amides is 2. The number of para-hydroxylation sites is 2. The Hall–Kier alpha value is -4.46. The van der Waals surface area contributed by atoms with Gasteiger partial charge in [0.1, 0.15) is 17.5 Å². The zero-order valence-electron chi connectivity index (χ0n) is 20.7. The van der Waals surface area contributed by atoms with E-state index in [1.54, 1.807) is 49.6 Å². The molecule has 36 heavy (non-hydrogen) atoms. The highest BCUT2D eigenvalue weighted by atomic mass is 16.5. The largest absolute Gasteiger partial charge is 0.497 e. The zero-order chi connectivity index (χ0) is 25.8. The number of ether oxygens (including phenoxy) is 1. The second-order valence-corrected chi connectivity index (χ2v) is 8.50. The number of carbonyl (C=O) groups is 2. The molecule has 184 valence electrons. The maximum atomic E-state index is 14.0. The Morgan fingerprint density at radius 1 is 1.03 bits per heavy atom. The van der Waals surface area contributed by atoms with Crippen molar-refractivity contribution in [1.82, 2.24) is 9.55 Å². The van der Waals surface area contributed by atoms with Gasteiger partial charge in [-0.2, -0.15) is 0 Å². The van der Waals surface area contributed by atoms with Gasteiger partial charge in [0.05, 0.1) is 23.8 Å². The van der Waals surface area contributed by atoms with E-state index in [1.165, 1.54) is 11.5 Å². The van der Waals surface area contributed by atoms with Gasteiger partial charge in [-0.05, 0) is 61.9 Å². The molecule has 8 heteroatoms. The number of nitrogens with one attached hydrogen (secondary N) is 2. The molecule has 2 N–H and O–H groups in total. The van der Waals surface area contributed by atoms with E-state index < -0.39 is 11.6 Å². The van der Waals surface area contributed by atoms with Crippen LogP contribution >= 0.6 is 0 Å². The molecule has 0 bridgehead atoms. The smallest absolute Gasteiger partial charge is 0.278 e. The molecule has 3 aromatic carbocycles. The van der Waals surface area contributed by atoms with Crippen LogP contribution < -0.4 is 20.9 Å². The van der Waals surface area contributed by atoms with Crippen LogP contribution in [-0.4, -0.2) is 28.5 Å². The van der Waals surface area contributed by atoms with Crippen molar-refractivity contribution in [3.05, 3.63) is 82.6 Å². The first-order valence-electron chi connectivity index (χ1n) is 11.7. The van der Waals surface area contributed by atoms with Gasteiger partial charge in [-0.3, -0.25) is 19.0 Å². The van der Waals surface area contributed by atoms with Gasteiger partial charge in [0.25, 0.3) is 5.56 Å². The van der Waals surface area contributed by atoms with Crippen molar-refractivity contribution < 1.29 is 14.3 Å². The quantitative estimate of drug-likeness (QED) is 0.387. The zero-order valence-corrected chi connectivity index (χ0v) is 20.7. The van der Waals surface area contributed by atoms with Crippen molar-refractivity contribution >= 4 is 34.2 Å². The number of fused-ring (bicyclic) bond motifs is 1. The number of aryl methyl sites for hydroxylation is 1. The van der Waals surface area contributed by atoms with E-state index in [-0.39, 0.29) is 17.5 Å². The highest BCUT2D eigenvalue weighted by Crippen LogP contribution is 2.29. The fraction of sp³-hybridized carbons (Fsp3) is 0.214. The fourth-order valence-corrected chi connectivity index (χ4v) is 4.18. The molecule has 1 aromatic heterocycles. The molecule has 0 aliphatic carbocycles. The fourth-order valence-electron chi connectivity index (χ4n) is 4.18. The molecular weight excluding hydrogens is 456 g/mol. The average molecular weight is 485 g/mol. The van der Waals surface area contributed by atoms with Crippen molar-refractivity contribution in [2.75, 3.05) is 17.7 Å². The summed E-state index contributed by atoms with van der Waals surface area (Å²) in [6.07, 6.45) is 0.377. The third-order valence-corrected chi connectivity index (χ3v) is 5.89.